The molecule has 0 aliphatic heterocycles. The first-order valence-electron chi connectivity index (χ1n) is 45.8. The van der Waals surface area contributed by atoms with Gasteiger partial charge in [-0.3, -0.25) is 0 Å². The third kappa shape index (κ3) is 45.3. The molecule has 113 heavy (non-hydrogen) atoms. The van der Waals surface area contributed by atoms with E-state index in [2.05, 4.69) is 55.4 Å². The van der Waals surface area contributed by atoms with Gasteiger partial charge in [0, 0.05) is 0 Å². The monoisotopic (exact) mass is 1580 g/mol. The fourth-order valence-electron chi connectivity index (χ4n) is 13.4. The van der Waals surface area contributed by atoms with Gasteiger partial charge in [0.1, 0.15) is 31.8 Å². The molecule has 0 spiro atoms. The number of hydrogen-bond donors (Lipinski definition) is 0. The van der Waals surface area contributed by atoms with Crippen molar-refractivity contribution in [3.05, 3.63) is 95.1 Å². The maximum Gasteiger partial charge on any atom is 0.338 e. The lowest BCUT2D eigenvalue weighted by Crippen LogP contribution is -2.44. The maximum atomic E-state index is 15.0. The van der Waals surface area contributed by atoms with Crippen LogP contribution < -0.4 is 37.9 Å². The van der Waals surface area contributed by atoms with E-state index in [1.165, 1.54) is 103 Å². The van der Waals surface area contributed by atoms with Crippen molar-refractivity contribution < 1.29 is 76.0 Å². The van der Waals surface area contributed by atoms with E-state index in [1.54, 1.807) is 72.8 Å². The fraction of sp³-hybridized carbons (Fsp3) is 0.711. The van der Waals surface area contributed by atoms with E-state index in [9.17, 15) is 19.2 Å². The van der Waals surface area contributed by atoms with Crippen LogP contribution in [0, 0.1) is 5.41 Å². The minimum atomic E-state index is -1.75. The summed E-state index contributed by atoms with van der Waals surface area (Å²) in [5, 5.41) is 0. The molecule has 4 aromatic carbocycles. The van der Waals surface area contributed by atoms with Crippen LogP contribution >= 0.6 is 0 Å². The van der Waals surface area contributed by atoms with Gasteiger partial charge < -0.3 is 56.8 Å². The summed E-state index contributed by atoms with van der Waals surface area (Å²) in [5.41, 5.74) is -1.08. The Bertz CT molecular complexity index is 2650. The molecule has 0 amide bonds. The summed E-state index contributed by atoms with van der Waals surface area (Å²) >= 11 is 0. The van der Waals surface area contributed by atoms with Gasteiger partial charge in [-0.05, 0) is 124 Å². The summed E-state index contributed by atoms with van der Waals surface area (Å²) in [6.07, 6.45) is 52.2. The van der Waals surface area contributed by atoms with Crippen molar-refractivity contribution in [2.24, 2.45) is 5.41 Å². The Labute approximate surface area is 685 Å². The molecule has 0 fully saturated rings. The van der Waals surface area contributed by atoms with Crippen LogP contribution in [-0.4, -0.2) is 103 Å². The number of rotatable bonds is 76. The summed E-state index contributed by atoms with van der Waals surface area (Å²) in [4.78, 5) is 59.9. The number of benzene rings is 4. The van der Waals surface area contributed by atoms with Gasteiger partial charge in [0.25, 0.3) is 0 Å². The molecular weight excluding hydrogens is 1420 g/mol. The summed E-state index contributed by atoms with van der Waals surface area (Å²) in [6.45, 7) is 19.1. The molecular formula is C97H156O16. The van der Waals surface area contributed by atoms with Gasteiger partial charge in [-0.2, -0.15) is 0 Å². The molecule has 0 aliphatic rings. The molecule has 0 aliphatic carbocycles. The van der Waals surface area contributed by atoms with E-state index in [0.29, 0.717) is 98.9 Å². The molecule has 0 saturated heterocycles. The van der Waals surface area contributed by atoms with Gasteiger partial charge in [-0.15, -0.1) is 0 Å². The zero-order chi connectivity index (χ0) is 81.1. The molecule has 0 unspecified atom stereocenters. The average Bonchev–Trinajstić information content (AvgIpc) is 0.829. The summed E-state index contributed by atoms with van der Waals surface area (Å²) in [6, 6.07) is 20.1. The van der Waals surface area contributed by atoms with Crippen molar-refractivity contribution in [1.82, 2.24) is 0 Å². The second-order valence-corrected chi connectivity index (χ2v) is 31.4. The summed E-state index contributed by atoms with van der Waals surface area (Å²) in [7, 11) is 0. The van der Waals surface area contributed by atoms with Gasteiger partial charge >= 0.3 is 23.9 Å². The average molecular weight is 1580 g/mol. The van der Waals surface area contributed by atoms with E-state index in [-0.39, 0.29) is 22.3 Å². The summed E-state index contributed by atoms with van der Waals surface area (Å²) in [5.74, 6) is 0.767. The van der Waals surface area contributed by atoms with Gasteiger partial charge in [-0.1, -0.05) is 312 Å². The predicted octanol–water partition coefficient (Wildman–Crippen LogP) is 27.3. The standard InChI is InChI=1S/C97H156O16/c1-9-17-25-33-41-49-65-102-85-61-57-81(73-89(85)106-69-53-45-37-29-21-13-5)93(98)110-77-97(78-111-94(99)82-58-62-86(103-66-50-42-34-26-18-10-2)90(74-82)107-70-54-46-38-30-22-14-6,79-112-95(100)83-59-63-87(104-67-51-43-35-27-19-11-3)91(75-83)108-71-55-47-39-31-23-15-7)80-113-96(101)84-60-64-88(105-68-52-44-36-28-20-12-4)92(76-84)109-72-56-48-40-32-24-16-8/h57-64,73-76H,9-56,65-72,77-80H2,1-8H3. The van der Waals surface area contributed by atoms with Crippen LogP contribution in [-0.2, 0) is 18.9 Å². The molecule has 16 heteroatoms. The van der Waals surface area contributed by atoms with Gasteiger partial charge in [0.2, 0.25) is 0 Å². The van der Waals surface area contributed by atoms with Crippen molar-refractivity contribution in [2.45, 2.75) is 364 Å². The van der Waals surface area contributed by atoms with Crippen LogP contribution in [0.15, 0.2) is 72.8 Å². The first kappa shape index (κ1) is 98.5. The summed E-state index contributed by atoms with van der Waals surface area (Å²) < 4.78 is 76.9. The zero-order valence-corrected chi connectivity index (χ0v) is 72.4. The van der Waals surface area contributed by atoms with E-state index in [1.807, 2.05) is 0 Å². The van der Waals surface area contributed by atoms with Gasteiger partial charge in [0.15, 0.2) is 46.0 Å². The highest BCUT2D eigenvalue weighted by molar-refractivity contribution is 5.92. The van der Waals surface area contributed by atoms with Crippen molar-refractivity contribution in [2.75, 3.05) is 79.3 Å². The molecule has 0 N–H and O–H groups in total. The minimum Gasteiger partial charge on any atom is -0.490 e. The first-order valence-corrected chi connectivity index (χ1v) is 45.8. The third-order valence-electron chi connectivity index (χ3n) is 20.8. The van der Waals surface area contributed by atoms with Crippen molar-refractivity contribution in [1.29, 1.82) is 0 Å². The minimum absolute atomic E-state index is 0.168. The van der Waals surface area contributed by atoms with Crippen LogP contribution in [0.5, 0.6) is 46.0 Å². The van der Waals surface area contributed by atoms with Crippen LogP contribution in [0.2, 0.25) is 0 Å². The normalized spacial score (nSPS) is 11.3. The van der Waals surface area contributed by atoms with Crippen molar-refractivity contribution >= 4 is 23.9 Å². The lowest BCUT2D eigenvalue weighted by atomic mass is 9.92. The molecule has 0 heterocycles. The second-order valence-electron chi connectivity index (χ2n) is 31.4. The van der Waals surface area contributed by atoms with Gasteiger partial charge in [-0.25, -0.2) is 19.2 Å². The van der Waals surface area contributed by atoms with Crippen LogP contribution in [0.4, 0.5) is 0 Å². The van der Waals surface area contributed by atoms with Crippen LogP contribution in [0.25, 0.3) is 0 Å². The fourth-order valence-corrected chi connectivity index (χ4v) is 13.4. The number of hydrogen-bond acceptors (Lipinski definition) is 16. The second kappa shape index (κ2) is 66.3. The highest BCUT2D eigenvalue weighted by atomic mass is 16.6. The molecule has 640 valence electrons. The third-order valence-corrected chi connectivity index (χ3v) is 20.8. The Kier molecular flexibility index (Phi) is 57.8. The molecule has 16 nitrogen and oxygen atoms in total. The molecule has 4 aromatic rings. The predicted molar refractivity (Wildman–Crippen MR) is 460 cm³/mol. The Hall–Kier alpha value is -6.84. The molecule has 0 atom stereocenters. The van der Waals surface area contributed by atoms with E-state index in [0.717, 1.165) is 205 Å². The number of ether oxygens (including phenoxy) is 12. The van der Waals surface area contributed by atoms with Crippen LogP contribution in [0.3, 0.4) is 0 Å². The zero-order valence-electron chi connectivity index (χ0n) is 72.4. The molecule has 0 bridgehead atoms. The van der Waals surface area contributed by atoms with Crippen molar-refractivity contribution in [3.63, 3.8) is 0 Å². The Balaban J connectivity index is 1.87. The molecule has 4 rings (SSSR count). The Morgan fingerprint density at radius 3 is 0.496 bits per heavy atom. The molecule has 0 aromatic heterocycles. The number of carbonyl (C=O) groups is 4. The first-order chi connectivity index (χ1) is 55.5. The SMILES string of the molecule is CCCCCCCCOc1ccc(C(=O)OCC(COC(=O)c2ccc(OCCCCCCCC)c(OCCCCCCCC)c2)(COC(=O)c2ccc(OCCCCCCCC)c(OCCCCCCCC)c2)COC(=O)c2ccc(OCCCCCCCC)c(OCCCCCCCC)c2)cc1OCCCCCCCC. The Morgan fingerprint density at radius 1 is 0.195 bits per heavy atom. The Morgan fingerprint density at radius 2 is 0.336 bits per heavy atom. The highest BCUT2D eigenvalue weighted by Crippen LogP contribution is 2.36. The quantitative estimate of drug-likeness (QED) is 0.0231. The van der Waals surface area contributed by atoms with Crippen molar-refractivity contribution in [3.8, 4) is 46.0 Å². The molecule has 0 radical (unpaired) electrons. The smallest absolute Gasteiger partial charge is 0.338 e. The largest absolute Gasteiger partial charge is 0.490 e. The lowest BCUT2D eigenvalue weighted by molar-refractivity contribution is -0.0642. The number of esters is 4. The van der Waals surface area contributed by atoms with Crippen LogP contribution in [0.1, 0.15) is 405 Å². The van der Waals surface area contributed by atoms with Gasteiger partial charge in [0.05, 0.1) is 75.1 Å². The van der Waals surface area contributed by atoms with E-state index in [4.69, 9.17) is 56.8 Å². The van der Waals surface area contributed by atoms with E-state index >= 15 is 0 Å². The molecule has 0 saturated carbocycles. The number of unbranched alkanes of at least 4 members (excludes halogenated alkanes) is 40. The maximum absolute atomic E-state index is 15.0. The topological polar surface area (TPSA) is 179 Å². The highest BCUT2D eigenvalue weighted by Gasteiger charge is 2.39. The lowest BCUT2D eigenvalue weighted by Gasteiger charge is -2.31. The number of carbonyl (C=O) groups excluding carboxylic acids is 4. The van der Waals surface area contributed by atoms with E-state index < -0.39 is 55.7 Å².